The zero-order valence-electron chi connectivity index (χ0n) is 9.26. The number of hydrogen-bond acceptors (Lipinski definition) is 4. The Kier molecular flexibility index (Phi) is 2.53. The van der Waals surface area contributed by atoms with Crippen LogP contribution in [0.1, 0.15) is 10.7 Å². The molecule has 88 valence electrons. The molecule has 5 nitrogen and oxygen atoms in total. The van der Waals surface area contributed by atoms with E-state index in [1.807, 2.05) is 18.2 Å². The van der Waals surface area contributed by atoms with Gasteiger partial charge in [-0.1, -0.05) is 12.1 Å². The summed E-state index contributed by atoms with van der Waals surface area (Å²) in [7, 11) is 0. The highest BCUT2D eigenvalue weighted by atomic mass is 16.5. The fourth-order valence-electron chi connectivity index (χ4n) is 1.87. The number of para-hydroxylation sites is 2. The van der Waals surface area contributed by atoms with Crippen LogP contribution in [0.5, 0.6) is 0 Å². The van der Waals surface area contributed by atoms with Crippen molar-refractivity contribution < 1.29 is 13.9 Å². The lowest BCUT2D eigenvalue weighted by atomic mass is 10.3. The van der Waals surface area contributed by atoms with Crippen LogP contribution in [-0.4, -0.2) is 42.1 Å². The summed E-state index contributed by atoms with van der Waals surface area (Å²) in [5, 5.41) is 0. The highest BCUT2D eigenvalue weighted by molar-refractivity contribution is 5.92. The third kappa shape index (κ3) is 1.89. The predicted molar refractivity (Wildman–Crippen MR) is 60.7 cm³/mol. The van der Waals surface area contributed by atoms with Crippen LogP contribution in [0.2, 0.25) is 0 Å². The van der Waals surface area contributed by atoms with Crippen molar-refractivity contribution in [1.29, 1.82) is 0 Å². The largest absolute Gasteiger partial charge is 0.432 e. The van der Waals surface area contributed by atoms with Gasteiger partial charge in [-0.15, -0.1) is 0 Å². The van der Waals surface area contributed by atoms with Crippen LogP contribution in [0, 0.1) is 0 Å². The Balaban J connectivity index is 1.89. The van der Waals surface area contributed by atoms with E-state index in [2.05, 4.69) is 4.98 Å². The summed E-state index contributed by atoms with van der Waals surface area (Å²) in [6.45, 7) is 2.34. The number of rotatable bonds is 1. The molecule has 0 spiro atoms. The molecule has 0 saturated carbocycles. The maximum atomic E-state index is 12.1. The van der Waals surface area contributed by atoms with Gasteiger partial charge in [-0.2, -0.15) is 0 Å². The van der Waals surface area contributed by atoms with E-state index in [1.54, 1.807) is 11.0 Å². The fourth-order valence-corrected chi connectivity index (χ4v) is 1.87. The van der Waals surface area contributed by atoms with E-state index in [1.165, 1.54) is 0 Å². The van der Waals surface area contributed by atoms with E-state index in [9.17, 15) is 4.79 Å². The van der Waals surface area contributed by atoms with Gasteiger partial charge in [-0.25, -0.2) is 4.98 Å². The summed E-state index contributed by atoms with van der Waals surface area (Å²) in [5.74, 6) is -0.00222. The van der Waals surface area contributed by atoms with Crippen molar-refractivity contribution in [3.8, 4) is 0 Å². The molecule has 1 saturated heterocycles. The number of benzene rings is 1. The molecule has 0 radical (unpaired) electrons. The average molecular weight is 232 g/mol. The van der Waals surface area contributed by atoms with Gasteiger partial charge in [-0.3, -0.25) is 4.79 Å². The Morgan fingerprint density at radius 3 is 2.76 bits per heavy atom. The number of fused-ring (bicyclic) bond motifs is 1. The quantitative estimate of drug-likeness (QED) is 0.743. The van der Waals surface area contributed by atoms with Crippen molar-refractivity contribution in [2.24, 2.45) is 0 Å². The SMILES string of the molecule is O=C(c1nc2ccccc2o1)N1CCOCC1. The van der Waals surface area contributed by atoms with Crippen molar-refractivity contribution in [1.82, 2.24) is 9.88 Å². The minimum absolute atomic E-state index is 0.160. The van der Waals surface area contributed by atoms with Crippen LogP contribution < -0.4 is 0 Å². The molecule has 1 aromatic heterocycles. The number of carbonyl (C=O) groups excluding carboxylic acids is 1. The van der Waals surface area contributed by atoms with Gasteiger partial charge in [0.25, 0.3) is 5.89 Å². The van der Waals surface area contributed by atoms with Crippen molar-refractivity contribution in [2.75, 3.05) is 26.3 Å². The van der Waals surface area contributed by atoms with Gasteiger partial charge in [-0.05, 0) is 12.1 Å². The second-order valence-electron chi connectivity index (χ2n) is 3.89. The zero-order chi connectivity index (χ0) is 11.7. The number of oxazole rings is 1. The molecule has 0 unspecified atom stereocenters. The van der Waals surface area contributed by atoms with Gasteiger partial charge in [0.05, 0.1) is 13.2 Å². The van der Waals surface area contributed by atoms with Gasteiger partial charge in [0.2, 0.25) is 0 Å². The number of ether oxygens (including phenoxy) is 1. The van der Waals surface area contributed by atoms with Crippen LogP contribution in [0.15, 0.2) is 28.7 Å². The van der Waals surface area contributed by atoms with Crippen LogP contribution in [0.25, 0.3) is 11.1 Å². The number of morpholine rings is 1. The number of amides is 1. The number of carbonyl (C=O) groups is 1. The van der Waals surface area contributed by atoms with Gasteiger partial charge in [0.1, 0.15) is 5.52 Å². The molecule has 0 bridgehead atoms. The minimum atomic E-state index is -0.162. The molecule has 2 heterocycles. The zero-order valence-corrected chi connectivity index (χ0v) is 9.26. The molecular weight excluding hydrogens is 220 g/mol. The maximum Gasteiger partial charge on any atom is 0.309 e. The molecule has 17 heavy (non-hydrogen) atoms. The normalized spacial score (nSPS) is 16.4. The molecule has 2 aromatic rings. The summed E-state index contributed by atoms with van der Waals surface area (Å²) >= 11 is 0. The van der Waals surface area contributed by atoms with E-state index in [0.29, 0.717) is 37.4 Å². The average Bonchev–Trinajstić information content (AvgIpc) is 2.82. The Labute approximate surface area is 98.0 Å². The topological polar surface area (TPSA) is 55.6 Å². The summed E-state index contributed by atoms with van der Waals surface area (Å²) in [4.78, 5) is 18.0. The highest BCUT2D eigenvalue weighted by Gasteiger charge is 2.23. The molecule has 1 aromatic carbocycles. The first-order valence-electron chi connectivity index (χ1n) is 5.57. The Hall–Kier alpha value is -1.88. The van der Waals surface area contributed by atoms with Crippen molar-refractivity contribution >= 4 is 17.0 Å². The molecular formula is C12H12N2O3. The second-order valence-corrected chi connectivity index (χ2v) is 3.89. The van der Waals surface area contributed by atoms with E-state index in [-0.39, 0.29) is 11.8 Å². The lowest BCUT2D eigenvalue weighted by Gasteiger charge is -2.25. The third-order valence-electron chi connectivity index (χ3n) is 2.78. The van der Waals surface area contributed by atoms with Gasteiger partial charge in [0, 0.05) is 13.1 Å². The summed E-state index contributed by atoms with van der Waals surface area (Å²) in [6, 6.07) is 7.36. The molecule has 0 N–H and O–H groups in total. The third-order valence-corrected chi connectivity index (χ3v) is 2.78. The van der Waals surface area contributed by atoms with E-state index in [0.717, 1.165) is 0 Å². The first kappa shape index (κ1) is 10.3. The molecule has 1 aliphatic rings. The first-order valence-corrected chi connectivity index (χ1v) is 5.57. The van der Waals surface area contributed by atoms with Crippen LogP contribution in [0.3, 0.4) is 0 Å². The number of hydrogen-bond donors (Lipinski definition) is 0. The molecule has 1 fully saturated rings. The van der Waals surface area contributed by atoms with Gasteiger partial charge in [0.15, 0.2) is 5.58 Å². The Bertz CT molecular complexity index is 510. The van der Waals surface area contributed by atoms with E-state index in [4.69, 9.17) is 9.15 Å². The van der Waals surface area contributed by atoms with Crippen molar-refractivity contribution in [3.63, 3.8) is 0 Å². The number of aromatic nitrogens is 1. The van der Waals surface area contributed by atoms with Crippen LogP contribution in [0.4, 0.5) is 0 Å². The highest BCUT2D eigenvalue weighted by Crippen LogP contribution is 2.16. The molecule has 1 amide bonds. The van der Waals surface area contributed by atoms with E-state index >= 15 is 0 Å². The Morgan fingerprint density at radius 1 is 1.24 bits per heavy atom. The van der Waals surface area contributed by atoms with Crippen LogP contribution in [-0.2, 0) is 4.74 Å². The van der Waals surface area contributed by atoms with Gasteiger partial charge >= 0.3 is 5.91 Å². The standard InChI is InChI=1S/C12H12N2O3/c15-12(14-5-7-16-8-6-14)11-13-9-3-1-2-4-10(9)17-11/h1-4H,5-8H2. The smallest absolute Gasteiger partial charge is 0.309 e. The molecule has 1 aliphatic heterocycles. The second kappa shape index (κ2) is 4.18. The summed E-state index contributed by atoms with van der Waals surface area (Å²) in [5.41, 5.74) is 1.35. The molecule has 0 aliphatic carbocycles. The first-order chi connectivity index (χ1) is 8.34. The lowest BCUT2D eigenvalue weighted by Crippen LogP contribution is -2.40. The van der Waals surface area contributed by atoms with E-state index < -0.39 is 0 Å². The molecule has 5 heteroatoms. The van der Waals surface area contributed by atoms with Crippen molar-refractivity contribution in [3.05, 3.63) is 30.2 Å². The van der Waals surface area contributed by atoms with Crippen molar-refractivity contribution in [2.45, 2.75) is 0 Å². The minimum Gasteiger partial charge on any atom is -0.432 e. The predicted octanol–water partition coefficient (Wildman–Crippen LogP) is 1.30. The lowest BCUT2D eigenvalue weighted by molar-refractivity contribution is 0.0279. The fraction of sp³-hybridized carbons (Fsp3) is 0.333. The Morgan fingerprint density at radius 2 is 2.00 bits per heavy atom. The summed E-state index contributed by atoms with van der Waals surface area (Å²) < 4.78 is 10.6. The van der Waals surface area contributed by atoms with Crippen LogP contribution >= 0.6 is 0 Å². The molecule has 0 atom stereocenters. The monoisotopic (exact) mass is 232 g/mol. The maximum absolute atomic E-state index is 12.1. The molecule has 3 rings (SSSR count). The summed E-state index contributed by atoms with van der Waals surface area (Å²) in [6.07, 6.45) is 0. The van der Waals surface area contributed by atoms with Gasteiger partial charge < -0.3 is 14.1 Å². The number of nitrogens with zero attached hydrogens (tertiary/aromatic N) is 2.